The van der Waals surface area contributed by atoms with Gasteiger partial charge in [0.1, 0.15) is 11.4 Å². The second-order valence-corrected chi connectivity index (χ2v) is 13.5. The SMILES string of the molecule is CC(C)(C)c1ccc(Cl)c2c(=O)nc3n(c12)-c1cc(C2CCN(C(=O)c4cnn5cccnc45)CC2)ccc1C3(C)C. The van der Waals surface area contributed by atoms with E-state index in [1.54, 1.807) is 29.2 Å². The van der Waals surface area contributed by atoms with Gasteiger partial charge in [0.05, 0.1) is 33.2 Å². The van der Waals surface area contributed by atoms with Crippen molar-refractivity contribution in [3.8, 4) is 5.69 Å². The first-order valence-electron chi connectivity index (χ1n) is 14.5. The Hall–Kier alpha value is -4.04. The lowest BCUT2D eigenvalue weighted by Gasteiger charge is -2.32. The molecule has 7 rings (SSSR count). The number of benzene rings is 2. The van der Waals surface area contributed by atoms with E-state index in [0.29, 0.717) is 40.6 Å². The molecular weight excluding hydrogens is 548 g/mol. The van der Waals surface area contributed by atoms with Crippen LogP contribution >= 0.6 is 11.6 Å². The minimum absolute atomic E-state index is 0.0279. The second kappa shape index (κ2) is 9.23. The Kier molecular flexibility index (Phi) is 5.90. The van der Waals surface area contributed by atoms with E-state index in [4.69, 9.17) is 11.6 Å². The Morgan fingerprint density at radius 3 is 2.60 bits per heavy atom. The van der Waals surface area contributed by atoms with E-state index in [0.717, 1.165) is 41.0 Å². The van der Waals surface area contributed by atoms with Gasteiger partial charge >= 0.3 is 0 Å². The van der Waals surface area contributed by atoms with Crippen molar-refractivity contribution in [3.05, 3.63) is 98.4 Å². The van der Waals surface area contributed by atoms with Crippen LogP contribution in [0.2, 0.25) is 5.02 Å². The highest BCUT2D eigenvalue weighted by Crippen LogP contribution is 2.46. The van der Waals surface area contributed by atoms with Crippen LogP contribution in [0.15, 0.2) is 59.8 Å². The molecule has 5 aromatic rings. The summed E-state index contributed by atoms with van der Waals surface area (Å²) in [5, 5.41) is 5.18. The summed E-state index contributed by atoms with van der Waals surface area (Å²) >= 11 is 6.65. The lowest BCUT2D eigenvalue weighted by molar-refractivity contribution is 0.0714. The maximum Gasteiger partial charge on any atom is 0.282 e. The largest absolute Gasteiger partial charge is 0.338 e. The molecule has 0 radical (unpaired) electrons. The van der Waals surface area contributed by atoms with Gasteiger partial charge in [-0.15, -0.1) is 0 Å². The smallest absolute Gasteiger partial charge is 0.282 e. The zero-order valence-electron chi connectivity index (χ0n) is 24.5. The van der Waals surface area contributed by atoms with E-state index < -0.39 is 5.41 Å². The molecule has 1 fully saturated rings. The molecule has 1 amide bonds. The average molecular weight is 581 g/mol. The zero-order chi connectivity index (χ0) is 29.6. The van der Waals surface area contributed by atoms with Crippen LogP contribution in [0.25, 0.3) is 22.2 Å². The number of piperidine rings is 1. The molecular formula is C33H33ClN6O2. The maximum atomic E-state index is 13.4. The number of nitrogens with zero attached hydrogens (tertiary/aromatic N) is 6. The fraction of sp³-hybridized carbons (Fsp3) is 0.364. The van der Waals surface area contributed by atoms with Gasteiger partial charge in [-0.25, -0.2) is 9.50 Å². The standard InChI is InChI=1S/C33H33ClN6O2/c1-32(2,3)23-9-10-24(34)26-27(23)40-25-17-20(7-8-22(25)33(4,5)31(40)37-29(26)41)19-11-15-38(16-12-19)30(42)21-18-36-39-14-6-13-35-28(21)39/h6-10,13-14,17-19H,11-12,15-16H2,1-5H3. The topological polar surface area (TPSA) is 85.4 Å². The molecule has 214 valence electrons. The number of halogens is 1. The van der Waals surface area contributed by atoms with Gasteiger partial charge in [-0.1, -0.05) is 50.6 Å². The highest BCUT2D eigenvalue weighted by molar-refractivity contribution is 6.35. The highest BCUT2D eigenvalue weighted by atomic mass is 35.5. The van der Waals surface area contributed by atoms with E-state index in [2.05, 4.69) is 72.5 Å². The molecule has 0 atom stereocenters. The molecule has 2 aliphatic rings. The van der Waals surface area contributed by atoms with Crippen molar-refractivity contribution in [1.29, 1.82) is 0 Å². The first-order valence-corrected chi connectivity index (χ1v) is 14.8. The van der Waals surface area contributed by atoms with E-state index in [1.807, 2.05) is 17.0 Å². The minimum atomic E-state index is -0.448. The third kappa shape index (κ3) is 3.91. The molecule has 3 aromatic heterocycles. The van der Waals surface area contributed by atoms with Crippen molar-refractivity contribution in [2.75, 3.05) is 13.1 Å². The molecule has 0 N–H and O–H groups in total. The fourth-order valence-corrected chi connectivity index (χ4v) is 7.00. The van der Waals surface area contributed by atoms with Gasteiger partial charge in [0.25, 0.3) is 11.5 Å². The average Bonchev–Trinajstić information content (AvgIpc) is 3.48. The lowest BCUT2D eigenvalue weighted by atomic mass is 9.83. The predicted octanol–water partition coefficient (Wildman–Crippen LogP) is 6.04. The Labute approximate surface area is 249 Å². The van der Waals surface area contributed by atoms with E-state index >= 15 is 0 Å². The predicted molar refractivity (Wildman–Crippen MR) is 164 cm³/mol. The van der Waals surface area contributed by atoms with Gasteiger partial charge in [-0.2, -0.15) is 10.1 Å². The Morgan fingerprint density at radius 1 is 1.10 bits per heavy atom. The quantitative estimate of drug-likeness (QED) is 0.254. The third-order valence-corrected chi connectivity index (χ3v) is 9.37. The molecule has 1 saturated heterocycles. The fourth-order valence-electron chi connectivity index (χ4n) is 6.77. The van der Waals surface area contributed by atoms with E-state index in [1.165, 1.54) is 5.56 Å². The molecule has 2 aliphatic heterocycles. The van der Waals surface area contributed by atoms with Crippen LogP contribution < -0.4 is 5.56 Å². The highest BCUT2D eigenvalue weighted by Gasteiger charge is 2.40. The number of rotatable bonds is 2. The summed E-state index contributed by atoms with van der Waals surface area (Å²) in [7, 11) is 0. The molecule has 0 unspecified atom stereocenters. The number of likely N-dealkylation sites (tertiary alicyclic amines) is 1. The van der Waals surface area contributed by atoms with E-state index in [9.17, 15) is 9.59 Å². The van der Waals surface area contributed by atoms with Gasteiger partial charge in [0.2, 0.25) is 0 Å². The van der Waals surface area contributed by atoms with Crippen molar-refractivity contribution in [3.63, 3.8) is 0 Å². The van der Waals surface area contributed by atoms with Gasteiger partial charge in [-0.3, -0.25) is 14.2 Å². The number of hydrogen-bond acceptors (Lipinski definition) is 5. The normalized spacial score (nSPS) is 16.7. The van der Waals surface area contributed by atoms with Crippen LogP contribution in [0.3, 0.4) is 0 Å². The first-order chi connectivity index (χ1) is 20.0. The molecule has 5 heterocycles. The summed E-state index contributed by atoms with van der Waals surface area (Å²) < 4.78 is 3.81. The minimum Gasteiger partial charge on any atom is -0.338 e. The molecule has 0 bridgehead atoms. The number of aromatic nitrogens is 5. The summed E-state index contributed by atoms with van der Waals surface area (Å²) in [6.07, 6.45) is 6.80. The number of hydrogen-bond donors (Lipinski definition) is 0. The molecule has 0 aliphatic carbocycles. The van der Waals surface area contributed by atoms with Crippen molar-refractivity contribution in [1.82, 2.24) is 29.0 Å². The van der Waals surface area contributed by atoms with Crippen molar-refractivity contribution >= 4 is 34.1 Å². The first kappa shape index (κ1) is 26.8. The lowest BCUT2D eigenvalue weighted by Crippen LogP contribution is -2.38. The van der Waals surface area contributed by atoms with Crippen LogP contribution in [0.5, 0.6) is 0 Å². The Morgan fingerprint density at radius 2 is 1.86 bits per heavy atom. The van der Waals surface area contributed by atoms with E-state index in [-0.39, 0.29) is 16.9 Å². The van der Waals surface area contributed by atoms with Crippen LogP contribution in [0.1, 0.15) is 86.3 Å². The van der Waals surface area contributed by atoms with Crippen LogP contribution in [-0.2, 0) is 10.8 Å². The van der Waals surface area contributed by atoms with Crippen LogP contribution in [-0.4, -0.2) is 48.0 Å². The monoisotopic (exact) mass is 580 g/mol. The molecule has 0 spiro atoms. The summed E-state index contributed by atoms with van der Waals surface area (Å²) in [4.78, 5) is 37.6. The number of fused-ring (bicyclic) bond motifs is 6. The summed E-state index contributed by atoms with van der Waals surface area (Å²) in [6, 6.07) is 12.3. The zero-order valence-corrected chi connectivity index (χ0v) is 25.2. The van der Waals surface area contributed by atoms with Gasteiger partial charge in [0, 0.05) is 25.5 Å². The van der Waals surface area contributed by atoms with Crippen LogP contribution in [0.4, 0.5) is 0 Å². The van der Waals surface area contributed by atoms with Gasteiger partial charge in [0.15, 0.2) is 5.65 Å². The Bertz CT molecular complexity index is 1980. The second-order valence-electron chi connectivity index (χ2n) is 13.1. The third-order valence-electron chi connectivity index (χ3n) is 9.05. The van der Waals surface area contributed by atoms with Crippen LogP contribution in [0, 0.1) is 0 Å². The Balaban J connectivity index is 1.26. The number of amides is 1. The van der Waals surface area contributed by atoms with Gasteiger partial charge < -0.3 is 4.90 Å². The molecule has 8 nitrogen and oxygen atoms in total. The molecule has 0 saturated carbocycles. The van der Waals surface area contributed by atoms with Gasteiger partial charge in [-0.05, 0) is 72.9 Å². The van der Waals surface area contributed by atoms with Crippen molar-refractivity contribution < 1.29 is 4.79 Å². The summed E-state index contributed by atoms with van der Waals surface area (Å²) in [5.74, 6) is 1.01. The summed E-state index contributed by atoms with van der Waals surface area (Å²) in [6.45, 7) is 12.0. The number of carbonyl (C=O) groups is 1. The molecule has 2 aromatic carbocycles. The summed E-state index contributed by atoms with van der Waals surface area (Å²) in [5.41, 5.74) is 5.50. The molecule has 42 heavy (non-hydrogen) atoms. The molecule has 9 heteroatoms. The number of carbonyl (C=O) groups excluding carboxylic acids is 1. The van der Waals surface area contributed by atoms with Crippen molar-refractivity contribution in [2.45, 2.75) is 64.2 Å². The van der Waals surface area contributed by atoms with Crippen molar-refractivity contribution in [2.24, 2.45) is 0 Å². The maximum absolute atomic E-state index is 13.4.